The van der Waals surface area contributed by atoms with Crippen LogP contribution in [-0.4, -0.2) is 66.2 Å². The fraction of sp³-hybridized carbons (Fsp3) is 0.429. The molecular weight excluding hydrogens is 438 g/mol. The summed E-state index contributed by atoms with van der Waals surface area (Å²) in [5.74, 6) is 0.812. The number of carbonyl (C=O) groups is 2. The van der Waals surface area contributed by atoms with Gasteiger partial charge in [0.15, 0.2) is 0 Å². The maximum atomic E-state index is 13.4. The lowest BCUT2D eigenvalue weighted by atomic mass is 10.1. The minimum Gasteiger partial charge on any atom is -0.353 e. The van der Waals surface area contributed by atoms with Crippen molar-refractivity contribution in [2.24, 2.45) is 4.99 Å². The molecule has 2 heterocycles. The highest BCUT2D eigenvalue weighted by molar-refractivity contribution is 5.92. The zero-order chi connectivity index (χ0) is 25.0. The lowest BCUT2D eigenvalue weighted by Gasteiger charge is -2.37. The quantitative estimate of drug-likeness (QED) is 0.398. The lowest BCUT2D eigenvalue weighted by molar-refractivity contribution is -0.136. The number of hydrogen-bond donors (Lipinski definition) is 1. The van der Waals surface area contributed by atoms with Gasteiger partial charge in [-0.2, -0.15) is 0 Å². The van der Waals surface area contributed by atoms with Crippen molar-refractivity contribution in [1.82, 2.24) is 15.2 Å². The van der Waals surface area contributed by atoms with E-state index in [1.54, 1.807) is 6.08 Å². The Labute approximate surface area is 209 Å². The van der Waals surface area contributed by atoms with Crippen molar-refractivity contribution in [1.29, 1.82) is 0 Å². The summed E-state index contributed by atoms with van der Waals surface area (Å²) in [5, 5.41) is 3.02. The van der Waals surface area contributed by atoms with Gasteiger partial charge in [-0.1, -0.05) is 43.0 Å². The van der Waals surface area contributed by atoms with E-state index in [9.17, 15) is 9.59 Å². The van der Waals surface area contributed by atoms with Crippen LogP contribution in [0.25, 0.3) is 0 Å². The molecule has 1 aliphatic rings. The number of nitrogens with zero attached hydrogens (tertiary/aromatic N) is 4. The predicted octanol–water partition coefficient (Wildman–Crippen LogP) is 3.58. The van der Waals surface area contributed by atoms with Crippen LogP contribution in [0.3, 0.4) is 0 Å². The van der Waals surface area contributed by atoms with Crippen LogP contribution >= 0.6 is 0 Å². The summed E-state index contributed by atoms with van der Waals surface area (Å²) in [7, 11) is 0. The second-order valence-corrected chi connectivity index (χ2v) is 8.95. The highest BCUT2D eigenvalue weighted by atomic mass is 16.2. The average Bonchev–Trinajstić information content (AvgIpc) is 2.88. The summed E-state index contributed by atoms with van der Waals surface area (Å²) in [5.41, 5.74) is 2.83. The third-order valence-electron chi connectivity index (χ3n) is 6.19. The van der Waals surface area contributed by atoms with Crippen molar-refractivity contribution in [3.8, 4) is 0 Å². The number of nitrogens with one attached hydrogen (secondary N) is 1. The molecular formula is C28H37N5O2. The molecule has 1 unspecified atom stereocenters. The molecule has 1 fully saturated rings. The predicted molar refractivity (Wildman–Crippen MR) is 142 cm³/mol. The monoisotopic (exact) mass is 475 g/mol. The van der Waals surface area contributed by atoms with Crippen LogP contribution in [-0.2, 0) is 16.0 Å². The van der Waals surface area contributed by atoms with Crippen molar-refractivity contribution in [3.05, 3.63) is 72.4 Å². The van der Waals surface area contributed by atoms with Crippen LogP contribution in [0.2, 0.25) is 0 Å². The zero-order valence-corrected chi connectivity index (χ0v) is 20.9. The Morgan fingerprint density at radius 2 is 1.83 bits per heavy atom. The summed E-state index contributed by atoms with van der Waals surface area (Å²) in [4.78, 5) is 39.3. The number of unbranched alkanes of at least 4 members (excludes halogenated alkanes) is 1. The van der Waals surface area contributed by atoms with Crippen LogP contribution in [0.5, 0.6) is 0 Å². The van der Waals surface area contributed by atoms with Crippen LogP contribution in [0.4, 0.5) is 5.82 Å². The lowest BCUT2D eigenvalue weighted by Crippen LogP contribution is -2.55. The first-order valence-electron chi connectivity index (χ1n) is 12.4. The Morgan fingerprint density at radius 3 is 2.51 bits per heavy atom. The molecule has 0 saturated carbocycles. The Balaban J connectivity index is 1.58. The maximum absolute atomic E-state index is 13.4. The first-order chi connectivity index (χ1) is 17.0. The molecule has 2 aromatic rings. The van der Waals surface area contributed by atoms with Crippen molar-refractivity contribution in [2.75, 3.05) is 37.6 Å². The zero-order valence-electron chi connectivity index (χ0n) is 20.9. The summed E-state index contributed by atoms with van der Waals surface area (Å²) in [6.45, 7) is 11.0. The Morgan fingerprint density at radius 1 is 1.09 bits per heavy atom. The van der Waals surface area contributed by atoms with E-state index >= 15 is 0 Å². The molecule has 1 saturated heterocycles. The molecule has 2 amide bonds. The minimum absolute atomic E-state index is 0.00552. The van der Waals surface area contributed by atoms with E-state index in [1.807, 2.05) is 67.3 Å². The number of hydrogen-bond acceptors (Lipinski definition) is 5. The molecule has 186 valence electrons. The van der Waals surface area contributed by atoms with E-state index in [4.69, 9.17) is 0 Å². The number of carbonyl (C=O) groups excluding carboxylic acids is 2. The van der Waals surface area contributed by atoms with E-state index in [2.05, 4.69) is 26.8 Å². The SMILES string of the molecule is C=CC(C)=NCCCCC(NC(=O)Cc1ccccc1)C(=O)N1CCN(c2cccc(C)n2)CC1. The van der Waals surface area contributed by atoms with E-state index < -0.39 is 6.04 Å². The summed E-state index contributed by atoms with van der Waals surface area (Å²) >= 11 is 0. The van der Waals surface area contributed by atoms with Crippen LogP contribution < -0.4 is 10.2 Å². The molecule has 1 N–H and O–H groups in total. The van der Waals surface area contributed by atoms with Gasteiger partial charge in [0, 0.05) is 44.1 Å². The topological polar surface area (TPSA) is 77.9 Å². The molecule has 7 heteroatoms. The van der Waals surface area contributed by atoms with Crippen LogP contribution in [0.1, 0.15) is 37.4 Å². The molecule has 0 aliphatic carbocycles. The van der Waals surface area contributed by atoms with Gasteiger partial charge in [-0.05, 0) is 56.9 Å². The van der Waals surface area contributed by atoms with Gasteiger partial charge in [0.05, 0.1) is 6.42 Å². The standard InChI is InChI=1S/C28H37N5O2/c1-4-22(2)29-16-9-8-14-25(31-27(34)21-24-12-6-5-7-13-24)28(35)33-19-17-32(18-20-33)26-15-10-11-23(3)30-26/h4-7,10-13,15,25H,1,8-9,14,16-21H2,2-3H3,(H,31,34). The Hall–Kier alpha value is -3.48. The molecule has 1 aromatic carbocycles. The summed E-state index contributed by atoms with van der Waals surface area (Å²) in [6, 6.07) is 15.1. The Bertz CT molecular complexity index is 1010. The molecule has 0 radical (unpaired) electrons. The second kappa shape index (κ2) is 13.4. The van der Waals surface area contributed by atoms with Crippen LogP contribution in [0.15, 0.2) is 66.2 Å². The fourth-order valence-electron chi connectivity index (χ4n) is 4.15. The third kappa shape index (κ3) is 8.35. The van der Waals surface area contributed by atoms with Gasteiger partial charge in [-0.15, -0.1) is 0 Å². The number of aromatic nitrogens is 1. The highest BCUT2D eigenvalue weighted by Crippen LogP contribution is 2.16. The minimum atomic E-state index is -0.528. The fourth-order valence-corrected chi connectivity index (χ4v) is 4.15. The largest absolute Gasteiger partial charge is 0.353 e. The first kappa shape index (κ1) is 26.1. The number of anilines is 1. The number of aryl methyl sites for hydroxylation is 1. The van der Waals surface area contributed by atoms with Gasteiger partial charge < -0.3 is 15.1 Å². The molecule has 0 spiro atoms. The molecule has 1 atom stereocenters. The number of aliphatic imine (C=N–C) groups is 1. The molecule has 3 rings (SSSR count). The van der Waals surface area contributed by atoms with Crippen molar-refractivity contribution in [3.63, 3.8) is 0 Å². The normalized spacial score (nSPS) is 15.0. The smallest absolute Gasteiger partial charge is 0.245 e. The second-order valence-electron chi connectivity index (χ2n) is 8.95. The number of allylic oxidation sites excluding steroid dienone is 1. The van der Waals surface area contributed by atoms with Gasteiger partial charge in [-0.3, -0.25) is 14.6 Å². The number of piperazine rings is 1. The van der Waals surface area contributed by atoms with E-state index in [1.165, 1.54) is 0 Å². The van der Waals surface area contributed by atoms with Gasteiger partial charge in [0.25, 0.3) is 0 Å². The van der Waals surface area contributed by atoms with Crippen molar-refractivity contribution < 1.29 is 9.59 Å². The van der Waals surface area contributed by atoms with Gasteiger partial charge in [0.1, 0.15) is 11.9 Å². The molecule has 35 heavy (non-hydrogen) atoms. The molecule has 1 aliphatic heterocycles. The number of amides is 2. The molecule has 1 aromatic heterocycles. The Kier molecular flexibility index (Phi) is 10.0. The maximum Gasteiger partial charge on any atom is 0.245 e. The number of pyridine rings is 1. The van der Waals surface area contributed by atoms with Gasteiger partial charge >= 0.3 is 0 Å². The van der Waals surface area contributed by atoms with E-state index in [0.717, 1.165) is 48.7 Å². The van der Waals surface area contributed by atoms with Crippen molar-refractivity contribution >= 4 is 23.3 Å². The highest BCUT2D eigenvalue weighted by Gasteiger charge is 2.28. The number of rotatable bonds is 11. The van der Waals surface area contributed by atoms with Crippen LogP contribution in [0, 0.1) is 6.92 Å². The molecule has 0 bridgehead atoms. The number of benzene rings is 1. The van der Waals surface area contributed by atoms with Crippen molar-refractivity contribution in [2.45, 2.75) is 45.6 Å². The average molecular weight is 476 g/mol. The summed E-state index contributed by atoms with van der Waals surface area (Å²) in [6.07, 6.45) is 4.27. The van der Waals surface area contributed by atoms with Gasteiger partial charge in [0.2, 0.25) is 11.8 Å². The molecule has 7 nitrogen and oxygen atoms in total. The van der Waals surface area contributed by atoms with E-state index in [0.29, 0.717) is 26.1 Å². The first-order valence-corrected chi connectivity index (χ1v) is 12.4. The van der Waals surface area contributed by atoms with Gasteiger partial charge in [-0.25, -0.2) is 4.98 Å². The van der Waals surface area contributed by atoms with E-state index in [-0.39, 0.29) is 18.2 Å². The third-order valence-corrected chi connectivity index (χ3v) is 6.19. The summed E-state index contributed by atoms with van der Waals surface area (Å²) < 4.78 is 0.